The van der Waals surface area contributed by atoms with Crippen LogP contribution in [0.25, 0.3) is 0 Å². The molecule has 0 rings (SSSR count). The maximum atomic E-state index is 10.6. The van der Waals surface area contributed by atoms with Crippen molar-refractivity contribution in [1.82, 2.24) is 0 Å². The Morgan fingerprint density at radius 2 is 1.32 bits per heavy atom. The van der Waals surface area contributed by atoms with Crippen LogP contribution in [0.4, 0.5) is 0 Å². The maximum Gasteiger partial charge on any atom is 0.303 e. The zero-order chi connectivity index (χ0) is 17.1. The second-order valence-corrected chi connectivity index (χ2v) is 9.09. The molecule has 0 aromatic carbocycles. The maximum absolute atomic E-state index is 10.6. The summed E-state index contributed by atoms with van der Waals surface area (Å²) in [4.78, 5) is 10.6. The molecule has 2 N–H and O–H groups in total. The highest BCUT2D eigenvalue weighted by atomic mass is 32.2. The van der Waals surface area contributed by atoms with E-state index in [9.17, 15) is 4.79 Å². The Hall–Kier alpha value is -0.220. The number of aliphatic hydroxyl groups excluding tert-OH is 1. The van der Waals surface area contributed by atoms with E-state index in [1.54, 1.807) is 0 Å². The Morgan fingerprint density at radius 3 is 1.77 bits per heavy atom. The predicted octanol–water partition coefficient (Wildman–Crippen LogP) is 4.97. The first-order valence-corrected chi connectivity index (χ1v) is 9.74. The molecule has 132 valence electrons. The highest BCUT2D eigenvalue weighted by molar-refractivity contribution is 7.99. The zero-order valence-electron chi connectivity index (χ0n) is 15.0. The molecule has 0 amide bonds. The van der Waals surface area contributed by atoms with Crippen molar-refractivity contribution < 1.29 is 15.0 Å². The smallest absolute Gasteiger partial charge is 0.303 e. The molecule has 22 heavy (non-hydrogen) atoms. The molecule has 0 saturated carbocycles. The lowest BCUT2D eigenvalue weighted by atomic mass is 9.83. The average Bonchev–Trinajstić information content (AvgIpc) is 2.42. The number of rotatable bonds is 14. The van der Waals surface area contributed by atoms with E-state index < -0.39 is 5.97 Å². The highest BCUT2D eigenvalue weighted by Crippen LogP contribution is 2.30. The Bertz CT molecular complexity index is 301. The van der Waals surface area contributed by atoms with Crippen LogP contribution in [0.1, 0.15) is 79.1 Å². The van der Waals surface area contributed by atoms with Gasteiger partial charge in [0, 0.05) is 13.0 Å². The van der Waals surface area contributed by atoms with E-state index >= 15 is 0 Å². The summed E-state index contributed by atoms with van der Waals surface area (Å²) in [5, 5.41) is 17.6. The summed E-state index contributed by atoms with van der Waals surface area (Å²) < 4.78 is 0. The van der Waals surface area contributed by atoms with Gasteiger partial charge in [0.05, 0.1) is 0 Å². The van der Waals surface area contributed by atoms with Crippen molar-refractivity contribution in [2.24, 2.45) is 10.8 Å². The average molecular weight is 333 g/mol. The van der Waals surface area contributed by atoms with Gasteiger partial charge < -0.3 is 10.2 Å². The quantitative estimate of drug-likeness (QED) is 0.441. The zero-order valence-corrected chi connectivity index (χ0v) is 15.8. The lowest BCUT2D eigenvalue weighted by Crippen LogP contribution is -2.14. The van der Waals surface area contributed by atoms with Gasteiger partial charge in [-0.2, -0.15) is 11.8 Å². The third-order valence-electron chi connectivity index (χ3n) is 4.31. The fourth-order valence-corrected chi connectivity index (χ4v) is 3.56. The molecule has 0 aliphatic carbocycles. The first-order chi connectivity index (χ1) is 10.2. The molecule has 0 spiro atoms. The van der Waals surface area contributed by atoms with Crippen molar-refractivity contribution in [3.05, 3.63) is 0 Å². The van der Waals surface area contributed by atoms with E-state index in [0.717, 1.165) is 25.7 Å². The molecule has 0 saturated heterocycles. The molecule has 4 heteroatoms. The van der Waals surface area contributed by atoms with Gasteiger partial charge in [-0.25, -0.2) is 0 Å². The molecule has 0 fully saturated rings. The van der Waals surface area contributed by atoms with Gasteiger partial charge in [-0.15, -0.1) is 0 Å². The van der Waals surface area contributed by atoms with E-state index in [1.807, 2.05) is 11.8 Å². The number of thioether (sulfide) groups is 1. The van der Waals surface area contributed by atoms with Crippen LogP contribution < -0.4 is 0 Å². The fourth-order valence-electron chi connectivity index (χ4n) is 2.66. The molecule has 0 aromatic heterocycles. The Balaban J connectivity index is 3.59. The monoisotopic (exact) mass is 332 g/mol. The van der Waals surface area contributed by atoms with Gasteiger partial charge in [-0.05, 0) is 67.3 Å². The van der Waals surface area contributed by atoms with Gasteiger partial charge in [0.15, 0.2) is 0 Å². The first kappa shape index (κ1) is 21.8. The Kier molecular flexibility index (Phi) is 11.2. The van der Waals surface area contributed by atoms with Crippen LogP contribution >= 0.6 is 11.8 Å². The van der Waals surface area contributed by atoms with Crippen molar-refractivity contribution >= 4 is 17.7 Å². The normalized spacial score (nSPS) is 12.6. The van der Waals surface area contributed by atoms with E-state index in [1.165, 1.54) is 30.8 Å². The van der Waals surface area contributed by atoms with E-state index in [-0.39, 0.29) is 11.8 Å². The fraction of sp³-hybridized carbons (Fsp3) is 0.944. The predicted molar refractivity (Wildman–Crippen MR) is 96.5 cm³/mol. The number of aliphatic carboxylic acids is 1. The van der Waals surface area contributed by atoms with Crippen molar-refractivity contribution in [2.45, 2.75) is 79.1 Å². The van der Waals surface area contributed by atoms with Gasteiger partial charge in [-0.3, -0.25) is 4.79 Å². The van der Waals surface area contributed by atoms with Crippen LogP contribution in [-0.4, -0.2) is 34.3 Å². The standard InChI is InChI=1S/C18H36O3S/c1-17(2,9-5-13-19)10-6-14-22-15-7-11-18(3,4)12-8-16(20)21/h19H,5-15H2,1-4H3,(H,20,21). The number of carboxylic acid groups (broad SMARTS) is 1. The lowest BCUT2D eigenvalue weighted by molar-refractivity contribution is -0.137. The minimum Gasteiger partial charge on any atom is -0.481 e. The van der Waals surface area contributed by atoms with E-state index in [0.29, 0.717) is 12.0 Å². The highest BCUT2D eigenvalue weighted by Gasteiger charge is 2.19. The van der Waals surface area contributed by atoms with Gasteiger partial charge in [-0.1, -0.05) is 27.7 Å². The summed E-state index contributed by atoms with van der Waals surface area (Å²) in [5.74, 6) is 1.69. The second kappa shape index (κ2) is 11.3. The third-order valence-corrected chi connectivity index (χ3v) is 5.47. The largest absolute Gasteiger partial charge is 0.481 e. The van der Waals surface area contributed by atoms with Crippen LogP contribution in [0.2, 0.25) is 0 Å². The molecule has 0 aliphatic heterocycles. The molecule has 0 heterocycles. The van der Waals surface area contributed by atoms with E-state index in [2.05, 4.69) is 27.7 Å². The summed E-state index contributed by atoms with van der Waals surface area (Å²) in [7, 11) is 0. The number of aliphatic hydroxyl groups is 1. The summed E-state index contributed by atoms with van der Waals surface area (Å²) in [5.41, 5.74) is 0.493. The van der Waals surface area contributed by atoms with Crippen LogP contribution in [0.15, 0.2) is 0 Å². The van der Waals surface area contributed by atoms with Gasteiger partial charge >= 0.3 is 5.97 Å². The van der Waals surface area contributed by atoms with Crippen molar-refractivity contribution in [3.8, 4) is 0 Å². The van der Waals surface area contributed by atoms with Crippen LogP contribution in [0, 0.1) is 10.8 Å². The minimum absolute atomic E-state index is 0.144. The molecular weight excluding hydrogens is 296 g/mol. The molecule has 0 radical (unpaired) electrons. The molecule has 0 atom stereocenters. The third kappa shape index (κ3) is 13.4. The SMILES string of the molecule is CC(C)(CCCO)CCCSCCCC(C)(C)CCC(=O)O. The van der Waals surface area contributed by atoms with Gasteiger partial charge in [0.2, 0.25) is 0 Å². The molecular formula is C18H36O3S. The molecule has 0 bridgehead atoms. The summed E-state index contributed by atoms with van der Waals surface area (Å²) in [6.45, 7) is 9.22. The molecule has 0 unspecified atom stereocenters. The summed E-state index contributed by atoms with van der Waals surface area (Å²) in [6.07, 6.45) is 7.81. The van der Waals surface area contributed by atoms with Crippen molar-refractivity contribution in [1.29, 1.82) is 0 Å². The minimum atomic E-state index is -0.689. The lowest BCUT2D eigenvalue weighted by Gasteiger charge is -2.24. The van der Waals surface area contributed by atoms with Crippen molar-refractivity contribution in [2.75, 3.05) is 18.1 Å². The topological polar surface area (TPSA) is 57.5 Å². The Labute approximate surface area is 141 Å². The van der Waals surface area contributed by atoms with Crippen LogP contribution in [0.3, 0.4) is 0 Å². The van der Waals surface area contributed by atoms with Gasteiger partial charge in [0.1, 0.15) is 0 Å². The number of hydrogen-bond acceptors (Lipinski definition) is 3. The molecule has 3 nitrogen and oxygen atoms in total. The molecule has 0 aliphatic rings. The molecule has 0 aromatic rings. The first-order valence-electron chi connectivity index (χ1n) is 8.59. The second-order valence-electron chi connectivity index (χ2n) is 7.87. The summed E-state index contributed by atoms with van der Waals surface area (Å²) in [6, 6.07) is 0. The number of carbonyl (C=O) groups is 1. The number of hydrogen-bond donors (Lipinski definition) is 2. The van der Waals surface area contributed by atoms with Crippen molar-refractivity contribution in [3.63, 3.8) is 0 Å². The van der Waals surface area contributed by atoms with Crippen LogP contribution in [-0.2, 0) is 4.79 Å². The van der Waals surface area contributed by atoms with Crippen LogP contribution in [0.5, 0.6) is 0 Å². The number of carboxylic acids is 1. The van der Waals surface area contributed by atoms with E-state index in [4.69, 9.17) is 10.2 Å². The summed E-state index contributed by atoms with van der Waals surface area (Å²) >= 11 is 2.02. The Morgan fingerprint density at radius 1 is 0.864 bits per heavy atom. The van der Waals surface area contributed by atoms with Gasteiger partial charge in [0.25, 0.3) is 0 Å².